The third kappa shape index (κ3) is 3.91. The van der Waals surface area contributed by atoms with Crippen LogP contribution in [-0.2, 0) is 4.79 Å². The van der Waals surface area contributed by atoms with Crippen LogP contribution in [0.4, 0.5) is 10.3 Å². The lowest BCUT2D eigenvalue weighted by molar-refractivity contribution is -0.114. The molecular weight excluding hydrogens is 442 g/mol. The van der Waals surface area contributed by atoms with Gasteiger partial charge in [0, 0.05) is 34.3 Å². The second kappa shape index (κ2) is 8.74. The molecular formula is C23H17N5O2S2. The number of nitrogens with one attached hydrogen (secondary N) is 1. The molecule has 0 saturated heterocycles. The first-order valence-electron chi connectivity index (χ1n) is 9.68. The van der Waals surface area contributed by atoms with Gasteiger partial charge >= 0.3 is 0 Å². The molecule has 0 saturated carbocycles. The fourth-order valence-electron chi connectivity index (χ4n) is 3.17. The van der Waals surface area contributed by atoms with Crippen LogP contribution >= 0.6 is 22.7 Å². The van der Waals surface area contributed by atoms with Crippen LogP contribution in [0.25, 0.3) is 11.3 Å². The minimum absolute atomic E-state index is 0.247. The van der Waals surface area contributed by atoms with Gasteiger partial charge in [0.15, 0.2) is 5.13 Å². The summed E-state index contributed by atoms with van der Waals surface area (Å²) in [6, 6.07) is 17.3. The van der Waals surface area contributed by atoms with Crippen LogP contribution in [0, 0.1) is 0 Å². The minimum Gasteiger partial charge on any atom is -0.497 e. The molecule has 2 aromatic carbocycles. The largest absolute Gasteiger partial charge is 0.497 e. The Bertz CT molecular complexity index is 1300. The Kier molecular flexibility index (Phi) is 5.49. The molecule has 0 aliphatic carbocycles. The monoisotopic (exact) mass is 459 g/mol. The zero-order chi connectivity index (χ0) is 21.9. The van der Waals surface area contributed by atoms with Gasteiger partial charge in [0.05, 0.1) is 18.4 Å². The van der Waals surface area contributed by atoms with Gasteiger partial charge in [-0.15, -0.1) is 22.7 Å². The third-order valence-corrected chi connectivity index (χ3v) is 6.28. The second-order valence-corrected chi connectivity index (χ2v) is 8.45. The van der Waals surface area contributed by atoms with Gasteiger partial charge in [0.25, 0.3) is 5.91 Å². The van der Waals surface area contributed by atoms with Crippen molar-refractivity contribution in [2.75, 3.05) is 17.4 Å². The van der Waals surface area contributed by atoms with Gasteiger partial charge in [0.2, 0.25) is 5.13 Å². The van der Waals surface area contributed by atoms with Gasteiger partial charge < -0.3 is 10.1 Å². The van der Waals surface area contributed by atoms with E-state index in [0.717, 1.165) is 22.6 Å². The predicted octanol–water partition coefficient (Wildman–Crippen LogP) is 5.02. The normalized spacial score (nSPS) is 14.7. The number of ether oxygens (including phenoxy) is 1. The van der Waals surface area contributed by atoms with Crippen LogP contribution < -0.4 is 15.1 Å². The van der Waals surface area contributed by atoms with E-state index in [1.807, 2.05) is 65.4 Å². The number of aromatic nitrogens is 2. The summed E-state index contributed by atoms with van der Waals surface area (Å²) in [5.41, 5.74) is 3.60. The van der Waals surface area contributed by atoms with E-state index < -0.39 is 0 Å². The topological polar surface area (TPSA) is 79.7 Å². The van der Waals surface area contributed by atoms with Crippen molar-refractivity contribution in [1.82, 2.24) is 9.97 Å². The van der Waals surface area contributed by atoms with Gasteiger partial charge in [-0.05, 0) is 24.3 Å². The van der Waals surface area contributed by atoms with Crippen LogP contribution in [0.1, 0.15) is 5.56 Å². The molecule has 0 fully saturated rings. The number of hydrogen-bond donors (Lipinski definition) is 1. The molecule has 3 heterocycles. The highest BCUT2D eigenvalue weighted by Crippen LogP contribution is 2.32. The SMILES string of the molecule is COc1ccc(-c2csc(N3N=C(c4ccccc4)/C(=C/Nc4nccs4)C3=O)n2)cc1. The van der Waals surface area contributed by atoms with E-state index >= 15 is 0 Å². The quantitative estimate of drug-likeness (QED) is 0.410. The molecule has 0 atom stereocenters. The molecule has 1 N–H and O–H groups in total. The Morgan fingerprint density at radius 3 is 2.56 bits per heavy atom. The van der Waals surface area contributed by atoms with Gasteiger partial charge in [-0.3, -0.25) is 4.79 Å². The summed E-state index contributed by atoms with van der Waals surface area (Å²) in [4.78, 5) is 22.2. The van der Waals surface area contributed by atoms with Gasteiger partial charge in [-0.25, -0.2) is 9.97 Å². The molecule has 4 aromatic rings. The Labute approximate surface area is 192 Å². The average Bonchev–Trinajstić information content (AvgIpc) is 3.59. The smallest absolute Gasteiger partial charge is 0.284 e. The number of rotatable bonds is 6. The first-order chi connectivity index (χ1) is 15.7. The van der Waals surface area contributed by atoms with Crippen molar-refractivity contribution in [3.05, 3.63) is 88.9 Å². The molecule has 0 spiro atoms. The minimum atomic E-state index is -0.247. The highest BCUT2D eigenvalue weighted by molar-refractivity contribution is 7.14. The van der Waals surface area contributed by atoms with Crippen molar-refractivity contribution in [3.8, 4) is 17.0 Å². The van der Waals surface area contributed by atoms with Crippen molar-refractivity contribution in [2.45, 2.75) is 0 Å². The molecule has 1 aliphatic rings. The number of benzene rings is 2. The lowest BCUT2D eigenvalue weighted by atomic mass is 10.0. The fraction of sp³-hybridized carbons (Fsp3) is 0.0435. The van der Waals surface area contributed by atoms with E-state index in [1.165, 1.54) is 27.7 Å². The van der Waals surface area contributed by atoms with Crippen molar-refractivity contribution in [2.24, 2.45) is 5.10 Å². The van der Waals surface area contributed by atoms with E-state index in [-0.39, 0.29) is 5.91 Å². The standard InChI is InChI=1S/C23H17N5O2S2/c1-30-17-9-7-15(8-10-17)19-14-32-23(26-19)28-21(29)18(13-25-22-24-11-12-31-22)20(27-28)16-5-3-2-4-6-16/h2-14H,1H3,(H,24,25)/b18-13-. The molecule has 5 rings (SSSR count). The Hall–Kier alpha value is -3.82. The van der Waals surface area contributed by atoms with E-state index in [0.29, 0.717) is 21.5 Å². The van der Waals surface area contributed by atoms with E-state index in [4.69, 9.17) is 4.74 Å². The molecule has 9 heteroatoms. The Morgan fingerprint density at radius 2 is 1.84 bits per heavy atom. The molecule has 7 nitrogen and oxygen atoms in total. The molecule has 32 heavy (non-hydrogen) atoms. The number of hydrogen-bond acceptors (Lipinski definition) is 8. The highest BCUT2D eigenvalue weighted by Gasteiger charge is 2.33. The molecule has 2 aromatic heterocycles. The maximum absolute atomic E-state index is 13.3. The van der Waals surface area contributed by atoms with E-state index in [9.17, 15) is 4.79 Å². The van der Waals surface area contributed by atoms with E-state index in [1.54, 1.807) is 19.5 Å². The lowest BCUT2D eigenvalue weighted by Crippen LogP contribution is -2.21. The summed E-state index contributed by atoms with van der Waals surface area (Å²) in [5.74, 6) is 0.530. The number of nitrogens with zero attached hydrogens (tertiary/aromatic N) is 4. The zero-order valence-corrected chi connectivity index (χ0v) is 18.6. The number of carbonyl (C=O) groups excluding carboxylic acids is 1. The number of amides is 1. The second-order valence-electron chi connectivity index (χ2n) is 6.72. The van der Waals surface area contributed by atoms with Crippen molar-refractivity contribution >= 4 is 44.6 Å². The number of hydrazone groups is 1. The number of methoxy groups -OCH3 is 1. The average molecular weight is 460 g/mol. The highest BCUT2D eigenvalue weighted by atomic mass is 32.1. The summed E-state index contributed by atoms with van der Waals surface area (Å²) < 4.78 is 5.22. The first-order valence-corrected chi connectivity index (χ1v) is 11.4. The molecule has 0 radical (unpaired) electrons. The van der Waals surface area contributed by atoms with Crippen molar-refractivity contribution in [1.29, 1.82) is 0 Å². The third-order valence-electron chi connectivity index (χ3n) is 4.76. The van der Waals surface area contributed by atoms with Crippen molar-refractivity contribution in [3.63, 3.8) is 0 Å². The molecule has 0 unspecified atom stereocenters. The Morgan fingerprint density at radius 1 is 1.03 bits per heavy atom. The molecule has 0 bridgehead atoms. The number of anilines is 2. The number of thiazole rings is 2. The maximum atomic E-state index is 13.3. The fourth-order valence-corrected chi connectivity index (χ4v) is 4.45. The number of carbonyl (C=O) groups is 1. The molecule has 1 aliphatic heterocycles. The van der Waals surface area contributed by atoms with Gasteiger partial charge in [-0.1, -0.05) is 30.3 Å². The van der Waals surface area contributed by atoms with Crippen LogP contribution in [0.3, 0.4) is 0 Å². The predicted molar refractivity (Wildman–Crippen MR) is 128 cm³/mol. The first kappa shape index (κ1) is 20.1. The Balaban J connectivity index is 1.48. The van der Waals surface area contributed by atoms with Crippen molar-refractivity contribution < 1.29 is 9.53 Å². The summed E-state index contributed by atoms with van der Waals surface area (Å²) in [7, 11) is 1.63. The van der Waals surface area contributed by atoms with Gasteiger partial charge in [-0.2, -0.15) is 10.1 Å². The van der Waals surface area contributed by atoms with Crippen LogP contribution in [-0.4, -0.2) is 28.7 Å². The summed E-state index contributed by atoms with van der Waals surface area (Å²) in [6.07, 6.45) is 3.36. The summed E-state index contributed by atoms with van der Waals surface area (Å²) >= 11 is 2.82. The summed E-state index contributed by atoms with van der Waals surface area (Å²) in [6.45, 7) is 0. The molecule has 1 amide bonds. The van der Waals surface area contributed by atoms with Crippen LogP contribution in [0.2, 0.25) is 0 Å². The lowest BCUT2D eigenvalue weighted by Gasteiger charge is -2.07. The maximum Gasteiger partial charge on any atom is 0.284 e. The molecule has 158 valence electrons. The van der Waals surface area contributed by atoms with E-state index in [2.05, 4.69) is 20.4 Å². The van der Waals surface area contributed by atoms with Crippen LogP contribution in [0.5, 0.6) is 5.75 Å². The van der Waals surface area contributed by atoms with Gasteiger partial charge in [0.1, 0.15) is 11.5 Å². The zero-order valence-electron chi connectivity index (χ0n) is 16.9. The van der Waals surface area contributed by atoms with Crippen LogP contribution in [0.15, 0.2) is 88.4 Å². The summed E-state index contributed by atoms with van der Waals surface area (Å²) in [5, 5.41) is 14.1.